The highest BCUT2D eigenvalue weighted by atomic mass is 16.5. The molecular weight excluding hydrogens is 937 g/mol. The van der Waals surface area contributed by atoms with Crippen molar-refractivity contribution in [1.82, 2.24) is 42.5 Å². The number of ether oxygens (including phenoxy) is 1. The summed E-state index contributed by atoms with van der Waals surface area (Å²) in [5.74, 6) is -8.26. The zero-order valence-corrected chi connectivity index (χ0v) is 39.7. The molecule has 0 aliphatic rings. The zero-order chi connectivity index (χ0) is 52.7. The summed E-state index contributed by atoms with van der Waals surface area (Å²) in [5.41, 5.74) is 7.25. The van der Waals surface area contributed by atoms with Crippen molar-refractivity contribution in [2.75, 3.05) is 40.0 Å². The van der Waals surface area contributed by atoms with Gasteiger partial charge in [0.2, 0.25) is 41.4 Å². The lowest BCUT2D eigenvalue weighted by atomic mass is 9.96. The number of nitrogens with two attached hydrogens (primary N) is 1. The minimum Gasteiger partial charge on any atom is -0.497 e. The van der Waals surface area contributed by atoms with Crippen LogP contribution in [-0.4, -0.2) is 150 Å². The van der Waals surface area contributed by atoms with E-state index < -0.39 is 116 Å². The number of carboxylic acid groups (broad SMARTS) is 1. The molecule has 386 valence electrons. The molecule has 15 N–H and O–H groups in total. The minimum atomic E-state index is -1.80. The fourth-order valence-corrected chi connectivity index (χ4v) is 7.20. The number of carbonyl (C=O) groups is 8. The van der Waals surface area contributed by atoms with Gasteiger partial charge >= 0.3 is 5.97 Å². The first-order valence-electron chi connectivity index (χ1n) is 22.8. The van der Waals surface area contributed by atoms with Gasteiger partial charge in [0.1, 0.15) is 42.0 Å². The predicted molar refractivity (Wildman–Crippen MR) is 262 cm³/mol. The third kappa shape index (κ3) is 17.7. The largest absolute Gasteiger partial charge is 0.497 e. The Bertz CT molecular complexity index is 2520. The maximum absolute atomic E-state index is 14.2. The Balaban J connectivity index is 1.40. The number of aliphatic carboxylic acids is 1. The quantitative estimate of drug-likeness (QED) is 0.0163. The van der Waals surface area contributed by atoms with E-state index in [-0.39, 0.29) is 38.2 Å². The van der Waals surface area contributed by atoms with Crippen LogP contribution in [0.4, 0.5) is 0 Å². The molecule has 0 aromatic heterocycles. The van der Waals surface area contributed by atoms with E-state index >= 15 is 0 Å². The van der Waals surface area contributed by atoms with Crippen LogP contribution in [0.25, 0.3) is 10.8 Å². The van der Waals surface area contributed by atoms with Crippen LogP contribution < -0.4 is 53.0 Å². The summed E-state index contributed by atoms with van der Waals surface area (Å²) in [7, 11) is 1.57. The Hall–Kier alpha value is -8.15. The number of aliphatic hydroxyl groups excluding tert-OH is 3. The van der Waals surface area contributed by atoms with Crippen LogP contribution in [-0.2, 0) is 51.2 Å². The molecule has 4 aromatic rings. The molecule has 0 aliphatic heterocycles. The first kappa shape index (κ1) is 56.4. The minimum absolute atomic E-state index is 0.0462. The smallest absolute Gasteiger partial charge is 0.326 e. The van der Waals surface area contributed by atoms with Crippen LogP contribution in [0.1, 0.15) is 42.4 Å². The molecule has 0 aliphatic carbocycles. The van der Waals surface area contributed by atoms with Gasteiger partial charge in [-0.3, -0.25) is 39.0 Å². The van der Waals surface area contributed by atoms with Crippen molar-refractivity contribution in [3.63, 3.8) is 0 Å². The van der Waals surface area contributed by atoms with E-state index in [1.807, 2.05) is 36.4 Å². The standard InChI is InChI=1S/C49H62N10O13/c1-28(31-15-16-33-23-34(72-2)18-17-32(33)22-31)42(64)56-37(21-30-12-7-4-8-13-30)44(66)57-36(20-29-10-5-3-6-11-29)43(65)53-24-41(63)54-38(25-60)45(67)58-40(27-62)47(69)59-39(26-61)46(68)55-35(48(70)71)14-9-19-52-49(50)51/h3-8,10-13,15-18,22-23,28,35-40,60-62H,9,14,19-21,24-27H2,1-2H3,(H,53,65)(H,54,63)(H,55,68)(H,56,64)(H,57,66)(H,58,67)(H,59,69)(H,70,71)(H4,50,51,52)/t28?,35?,36?,37?,38-,39?,40?/m0/s1. The number of benzene rings is 4. The molecule has 7 atom stereocenters. The van der Waals surface area contributed by atoms with E-state index in [4.69, 9.17) is 15.9 Å². The van der Waals surface area contributed by atoms with Crippen LogP contribution >= 0.6 is 0 Å². The number of amides is 7. The Morgan fingerprint density at radius 3 is 1.54 bits per heavy atom. The summed E-state index contributed by atoms with van der Waals surface area (Å²) in [6.45, 7) is -2.05. The van der Waals surface area contributed by atoms with E-state index in [1.165, 1.54) is 0 Å². The summed E-state index contributed by atoms with van der Waals surface area (Å²) in [5, 5.41) is 67.3. The monoisotopic (exact) mass is 998 g/mol. The third-order valence-corrected chi connectivity index (χ3v) is 11.3. The SMILES string of the molecule is COc1ccc2cc(C(C)C(=O)NC(Cc3ccccc3)C(=O)NC(Cc3ccccc3)C(=O)NCC(=O)N[C@@H](CO)C(=O)NC(CO)C(=O)NC(CO)C(=O)NC(CCCNC(=N)N)C(=O)O)ccc2c1. The summed E-state index contributed by atoms with van der Waals surface area (Å²) in [6, 6.07) is 19.5. The fraction of sp³-hybridized carbons (Fsp3) is 0.367. The van der Waals surface area contributed by atoms with E-state index in [0.29, 0.717) is 16.9 Å². The van der Waals surface area contributed by atoms with Crippen molar-refractivity contribution >= 4 is 64.1 Å². The van der Waals surface area contributed by atoms with Crippen molar-refractivity contribution in [2.45, 2.75) is 74.8 Å². The summed E-state index contributed by atoms with van der Waals surface area (Å²) in [4.78, 5) is 106. The molecule has 0 radical (unpaired) electrons. The highest BCUT2D eigenvalue weighted by Gasteiger charge is 2.32. The first-order valence-corrected chi connectivity index (χ1v) is 22.8. The number of hydrogen-bond donors (Lipinski definition) is 14. The Kier molecular flexibility index (Phi) is 22.3. The van der Waals surface area contributed by atoms with Crippen LogP contribution in [0.15, 0.2) is 97.1 Å². The Morgan fingerprint density at radius 2 is 1.03 bits per heavy atom. The fourth-order valence-electron chi connectivity index (χ4n) is 7.20. The molecule has 7 amide bonds. The van der Waals surface area contributed by atoms with Crippen LogP contribution in [0.3, 0.4) is 0 Å². The lowest BCUT2D eigenvalue weighted by molar-refractivity contribution is -0.143. The second-order valence-corrected chi connectivity index (χ2v) is 16.6. The number of nitrogens with one attached hydrogen (secondary N) is 9. The molecule has 4 rings (SSSR count). The number of hydrogen-bond acceptors (Lipinski definition) is 13. The summed E-state index contributed by atoms with van der Waals surface area (Å²) < 4.78 is 5.32. The van der Waals surface area contributed by atoms with Crippen molar-refractivity contribution in [2.24, 2.45) is 5.73 Å². The number of carboxylic acids is 1. The molecule has 72 heavy (non-hydrogen) atoms. The third-order valence-electron chi connectivity index (χ3n) is 11.3. The van der Waals surface area contributed by atoms with Gasteiger partial charge < -0.3 is 73.4 Å². The highest BCUT2D eigenvalue weighted by molar-refractivity contribution is 5.97. The van der Waals surface area contributed by atoms with Crippen LogP contribution in [0.2, 0.25) is 0 Å². The van der Waals surface area contributed by atoms with Gasteiger partial charge in [-0.25, -0.2) is 4.79 Å². The first-order chi connectivity index (χ1) is 34.5. The Morgan fingerprint density at radius 1 is 0.569 bits per heavy atom. The Labute approximate surface area is 414 Å². The number of fused-ring (bicyclic) bond motifs is 1. The van der Waals surface area contributed by atoms with Crippen molar-refractivity contribution in [3.8, 4) is 5.75 Å². The second kappa shape index (κ2) is 28.5. The van der Waals surface area contributed by atoms with Gasteiger partial charge in [0.15, 0.2) is 5.96 Å². The van der Waals surface area contributed by atoms with Gasteiger partial charge in [0, 0.05) is 19.4 Å². The van der Waals surface area contributed by atoms with Gasteiger partial charge in [-0.1, -0.05) is 84.9 Å². The van der Waals surface area contributed by atoms with Crippen molar-refractivity contribution in [1.29, 1.82) is 5.41 Å². The zero-order valence-electron chi connectivity index (χ0n) is 39.7. The van der Waals surface area contributed by atoms with E-state index in [2.05, 4.69) is 42.5 Å². The van der Waals surface area contributed by atoms with Gasteiger partial charge in [0.05, 0.1) is 39.4 Å². The number of aliphatic hydroxyl groups is 3. The molecule has 0 saturated carbocycles. The number of guanidine groups is 1. The van der Waals surface area contributed by atoms with Crippen LogP contribution in [0, 0.1) is 5.41 Å². The van der Waals surface area contributed by atoms with E-state index in [0.717, 1.165) is 16.3 Å². The average Bonchev–Trinajstić information content (AvgIpc) is 3.37. The molecular formula is C49H62N10O13. The van der Waals surface area contributed by atoms with E-state index in [9.17, 15) is 58.8 Å². The predicted octanol–water partition coefficient (Wildman–Crippen LogP) is -2.21. The normalized spacial score (nSPS) is 13.8. The van der Waals surface area contributed by atoms with Crippen LogP contribution in [0.5, 0.6) is 5.75 Å². The van der Waals surface area contributed by atoms with Gasteiger partial charge in [0.25, 0.3) is 0 Å². The summed E-state index contributed by atoms with van der Waals surface area (Å²) >= 11 is 0. The van der Waals surface area contributed by atoms with Gasteiger partial charge in [-0.15, -0.1) is 0 Å². The second-order valence-electron chi connectivity index (χ2n) is 16.6. The summed E-state index contributed by atoms with van der Waals surface area (Å²) in [6.07, 6.45) is 0.0576. The molecule has 0 fully saturated rings. The lowest BCUT2D eigenvalue weighted by Crippen LogP contribution is -2.60. The van der Waals surface area contributed by atoms with Gasteiger partial charge in [-0.2, -0.15) is 0 Å². The van der Waals surface area contributed by atoms with Crippen molar-refractivity contribution < 1.29 is 63.5 Å². The number of rotatable bonds is 28. The maximum Gasteiger partial charge on any atom is 0.326 e. The highest BCUT2D eigenvalue weighted by Crippen LogP contribution is 2.25. The van der Waals surface area contributed by atoms with Gasteiger partial charge in [-0.05, 0) is 59.4 Å². The topological polar surface area (TPSA) is 373 Å². The molecule has 0 spiro atoms. The number of methoxy groups -OCH3 is 1. The molecule has 23 heteroatoms. The molecule has 4 aromatic carbocycles. The molecule has 0 heterocycles. The van der Waals surface area contributed by atoms with Crippen molar-refractivity contribution in [3.05, 3.63) is 114 Å². The van der Waals surface area contributed by atoms with E-state index in [1.54, 1.807) is 74.7 Å². The molecule has 23 nitrogen and oxygen atoms in total. The lowest BCUT2D eigenvalue weighted by Gasteiger charge is -2.25. The molecule has 6 unspecified atom stereocenters. The number of carbonyl (C=O) groups excluding carboxylic acids is 7. The molecule has 0 bridgehead atoms. The average molecular weight is 999 g/mol. The molecule has 0 saturated heterocycles. The maximum atomic E-state index is 14.2.